The van der Waals surface area contributed by atoms with Crippen molar-refractivity contribution in [3.63, 3.8) is 0 Å². The fourth-order valence-electron chi connectivity index (χ4n) is 3.92. The van der Waals surface area contributed by atoms with Crippen molar-refractivity contribution in [2.45, 2.75) is 12.8 Å². The van der Waals surface area contributed by atoms with Crippen LogP contribution in [0.15, 0.2) is 54.9 Å². The minimum Gasteiger partial charge on any atom is -0.496 e. The molecule has 1 aliphatic rings. The number of likely N-dealkylation sites (tertiary alicyclic amines) is 1. The van der Waals surface area contributed by atoms with Crippen LogP contribution in [-0.4, -0.2) is 50.9 Å². The molecule has 7 nitrogen and oxygen atoms in total. The van der Waals surface area contributed by atoms with Gasteiger partial charge in [-0.25, -0.2) is 4.98 Å². The maximum Gasteiger partial charge on any atom is 0.289 e. The number of aromatic amines is 1. The molecule has 150 valence electrons. The summed E-state index contributed by atoms with van der Waals surface area (Å²) in [4.78, 5) is 31.3. The molecule has 30 heavy (non-hydrogen) atoms. The van der Waals surface area contributed by atoms with E-state index >= 15 is 0 Å². The van der Waals surface area contributed by atoms with E-state index in [0.717, 1.165) is 39.3 Å². The number of nitrogens with zero attached hydrogens (tertiary/aromatic N) is 4. The Bertz CT molecular complexity index is 1210. The van der Waals surface area contributed by atoms with E-state index in [1.54, 1.807) is 24.4 Å². The minimum atomic E-state index is -0.0896. The van der Waals surface area contributed by atoms with Gasteiger partial charge in [0.05, 0.1) is 29.5 Å². The van der Waals surface area contributed by atoms with Crippen LogP contribution in [0.2, 0.25) is 0 Å². The predicted octanol–water partition coefficient (Wildman–Crippen LogP) is 3.58. The number of methoxy groups -OCH3 is 1. The van der Waals surface area contributed by atoms with Crippen LogP contribution in [0, 0.1) is 6.92 Å². The molecule has 2 aromatic carbocycles. The van der Waals surface area contributed by atoms with Crippen LogP contribution in [0.5, 0.6) is 5.75 Å². The highest BCUT2D eigenvalue weighted by Crippen LogP contribution is 2.34. The number of H-pyrrole nitrogens is 1. The monoisotopic (exact) mass is 399 g/mol. The summed E-state index contributed by atoms with van der Waals surface area (Å²) < 4.78 is 5.36. The van der Waals surface area contributed by atoms with Crippen molar-refractivity contribution in [2.24, 2.45) is 0 Å². The molecule has 0 saturated carbocycles. The largest absolute Gasteiger partial charge is 0.496 e. The van der Waals surface area contributed by atoms with Gasteiger partial charge in [-0.15, -0.1) is 0 Å². The van der Waals surface area contributed by atoms with Crippen molar-refractivity contribution >= 4 is 16.9 Å². The molecular weight excluding hydrogens is 378 g/mol. The normalized spacial score (nSPS) is 14.0. The zero-order valence-corrected chi connectivity index (χ0v) is 16.8. The van der Waals surface area contributed by atoms with Gasteiger partial charge in [0, 0.05) is 37.0 Å². The van der Waals surface area contributed by atoms with E-state index in [1.807, 2.05) is 43.3 Å². The van der Waals surface area contributed by atoms with Gasteiger partial charge in [-0.3, -0.25) is 14.8 Å². The maximum atomic E-state index is 12.8. The average molecular weight is 399 g/mol. The first-order valence-corrected chi connectivity index (χ1v) is 9.84. The van der Waals surface area contributed by atoms with Crippen molar-refractivity contribution in [3.8, 4) is 17.0 Å². The van der Waals surface area contributed by atoms with Gasteiger partial charge >= 0.3 is 0 Å². The molecule has 1 N–H and O–H groups in total. The summed E-state index contributed by atoms with van der Waals surface area (Å²) in [6.45, 7) is 3.20. The lowest BCUT2D eigenvalue weighted by atomic mass is 9.92. The van der Waals surface area contributed by atoms with Gasteiger partial charge in [-0.1, -0.05) is 12.1 Å². The second-order valence-electron chi connectivity index (χ2n) is 7.48. The molecule has 1 amide bonds. The molecule has 3 heterocycles. The minimum absolute atomic E-state index is 0.0896. The summed E-state index contributed by atoms with van der Waals surface area (Å²) in [7, 11) is 1.66. The summed E-state index contributed by atoms with van der Waals surface area (Å²) >= 11 is 0. The molecule has 0 spiro atoms. The molecule has 0 aliphatic carbocycles. The number of hydrogen-bond acceptors (Lipinski definition) is 5. The molecule has 0 atom stereocenters. The summed E-state index contributed by atoms with van der Waals surface area (Å²) in [5.41, 5.74) is 5.47. The van der Waals surface area contributed by atoms with Crippen LogP contribution in [0.4, 0.5) is 0 Å². The van der Waals surface area contributed by atoms with E-state index in [-0.39, 0.29) is 11.8 Å². The van der Waals surface area contributed by atoms with Gasteiger partial charge in [0.25, 0.3) is 5.91 Å². The molecule has 0 unspecified atom stereocenters. The fourth-order valence-corrected chi connectivity index (χ4v) is 3.92. The van der Waals surface area contributed by atoms with Gasteiger partial charge in [0.1, 0.15) is 5.75 Å². The number of amides is 1. The molecule has 4 aromatic rings. The number of benzene rings is 2. The summed E-state index contributed by atoms with van der Waals surface area (Å²) in [6.07, 6.45) is 3.41. The third-order valence-corrected chi connectivity index (χ3v) is 5.54. The lowest BCUT2D eigenvalue weighted by Crippen LogP contribution is -2.49. The molecule has 2 aromatic heterocycles. The molecule has 1 aliphatic heterocycles. The van der Waals surface area contributed by atoms with Crippen molar-refractivity contribution in [2.75, 3.05) is 20.2 Å². The zero-order valence-electron chi connectivity index (χ0n) is 16.8. The molecule has 0 bridgehead atoms. The standard InChI is InChI=1S/C23H21N5O2/c1-14-11-15(7-8-19(14)30-2)20-21(25-10-9-24-20)16-12-28(13-16)23(29)22-26-17-5-3-4-6-18(17)27-22/h3-11,16H,12-13H2,1-2H3,(H,26,27). The molecule has 0 radical (unpaired) electrons. The number of para-hydroxylation sites is 2. The first-order valence-electron chi connectivity index (χ1n) is 9.84. The van der Waals surface area contributed by atoms with Crippen LogP contribution in [0.25, 0.3) is 22.3 Å². The molecule has 1 fully saturated rings. The predicted molar refractivity (Wildman–Crippen MR) is 113 cm³/mol. The lowest BCUT2D eigenvalue weighted by Gasteiger charge is -2.38. The molecule has 7 heteroatoms. The Balaban J connectivity index is 1.36. The number of carbonyl (C=O) groups is 1. The number of aryl methyl sites for hydroxylation is 1. The number of ether oxygens (including phenoxy) is 1. The number of carbonyl (C=O) groups excluding carboxylic acids is 1. The fraction of sp³-hybridized carbons (Fsp3) is 0.217. The first-order chi connectivity index (χ1) is 14.6. The van der Waals surface area contributed by atoms with Gasteiger partial charge in [0.15, 0.2) is 5.82 Å². The van der Waals surface area contributed by atoms with Crippen LogP contribution in [0.1, 0.15) is 27.8 Å². The van der Waals surface area contributed by atoms with E-state index in [9.17, 15) is 4.79 Å². The van der Waals surface area contributed by atoms with E-state index < -0.39 is 0 Å². The first kappa shape index (κ1) is 18.3. The van der Waals surface area contributed by atoms with Gasteiger partial charge in [0.2, 0.25) is 0 Å². The molecule has 1 saturated heterocycles. The second kappa shape index (κ2) is 7.26. The Morgan fingerprint density at radius 1 is 1.13 bits per heavy atom. The third-order valence-electron chi connectivity index (χ3n) is 5.54. The highest BCUT2D eigenvalue weighted by molar-refractivity contribution is 5.94. The molecular formula is C23H21N5O2. The number of hydrogen-bond donors (Lipinski definition) is 1. The van der Waals surface area contributed by atoms with Crippen molar-refractivity contribution in [3.05, 3.63) is 71.9 Å². The van der Waals surface area contributed by atoms with Crippen molar-refractivity contribution in [1.82, 2.24) is 24.8 Å². The van der Waals surface area contributed by atoms with Gasteiger partial charge < -0.3 is 14.6 Å². The Morgan fingerprint density at radius 3 is 2.70 bits per heavy atom. The lowest BCUT2D eigenvalue weighted by molar-refractivity contribution is 0.0587. The Kier molecular flexibility index (Phi) is 4.43. The number of rotatable bonds is 4. The SMILES string of the molecule is COc1ccc(-c2nccnc2C2CN(C(=O)c3nc4ccccc4[nH]3)C2)cc1C. The van der Waals surface area contributed by atoms with Crippen LogP contribution in [0.3, 0.4) is 0 Å². The Hall–Kier alpha value is -3.74. The van der Waals surface area contributed by atoms with Crippen LogP contribution < -0.4 is 4.74 Å². The number of nitrogens with one attached hydrogen (secondary N) is 1. The maximum absolute atomic E-state index is 12.8. The highest BCUT2D eigenvalue weighted by Gasteiger charge is 2.36. The van der Waals surface area contributed by atoms with E-state index in [0.29, 0.717) is 18.9 Å². The Morgan fingerprint density at radius 2 is 1.93 bits per heavy atom. The van der Waals surface area contributed by atoms with Gasteiger partial charge in [-0.2, -0.15) is 0 Å². The zero-order chi connectivity index (χ0) is 20.7. The smallest absolute Gasteiger partial charge is 0.289 e. The summed E-state index contributed by atoms with van der Waals surface area (Å²) in [5.74, 6) is 1.27. The van der Waals surface area contributed by atoms with Crippen LogP contribution in [-0.2, 0) is 0 Å². The topological polar surface area (TPSA) is 84.0 Å². The van der Waals surface area contributed by atoms with E-state index in [2.05, 4.69) is 26.0 Å². The Labute approximate surface area is 173 Å². The van der Waals surface area contributed by atoms with Crippen LogP contribution >= 0.6 is 0 Å². The van der Waals surface area contributed by atoms with Gasteiger partial charge in [-0.05, 0) is 42.8 Å². The number of aromatic nitrogens is 4. The van der Waals surface area contributed by atoms with E-state index in [1.165, 1.54) is 0 Å². The van der Waals surface area contributed by atoms with E-state index in [4.69, 9.17) is 4.74 Å². The summed E-state index contributed by atoms with van der Waals surface area (Å²) in [6, 6.07) is 13.6. The third kappa shape index (κ3) is 3.08. The molecule has 5 rings (SSSR count). The van der Waals surface area contributed by atoms with Crippen molar-refractivity contribution in [1.29, 1.82) is 0 Å². The number of imidazole rings is 1. The highest BCUT2D eigenvalue weighted by atomic mass is 16.5. The second-order valence-corrected chi connectivity index (χ2v) is 7.48. The average Bonchev–Trinajstić information content (AvgIpc) is 3.17. The quantitative estimate of drug-likeness (QED) is 0.567. The summed E-state index contributed by atoms with van der Waals surface area (Å²) in [5, 5.41) is 0. The van der Waals surface area contributed by atoms with Crippen molar-refractivity contribution < 1.29 is 9.53 Å². The number of fused-ring (bicyclic) bond motifs is 1.